The first-order valence-corrected chi connectivity index (χ1v) is 10.6. The van der Waals surface area contributed by atoms with Crippen LogP contribution in [0.25, 0.3) is 17.3 Å². The van der Waals surface area contributed by atoms with E-state index >= 15 is 0 Å². The molecule has 0 atom stereocenters. The van der Waals surface area contributed by atoms with Gasteiger partial charge < -0.3 is 10.1 Å². The van der Waals surface area contributed by atoms with Gasteiger partial charge in [0.25, 0.3) is 0 Å². The van der Waals surface area contributed by atoms with Gasteiger partial charge in [0.05, 0.1) is 16.8 Å². The molecule has 0 saturated heterocycles. The molecule has 5 nitrogen and oxygen atoms in total. The van der Waals surface area contributed by atoms with Gasteiger partial charge >= 0.3 is 0 Å². The van der Waals surface area contributed by atoms with Gasteiger partial charge in [-0.05, 0) is 56.2 Å². The topological polar surface area (TPSA) is 64.1 Å². The molecule has 1 amide bonds. The summed E-state index contributed by atoms with van der Waals surface area (Å²) >= 11 is 1.65. The number of carbonyl (C=O) groups is 1. The van der Waals surface area contributed by atoms with Crippen molar-refractivity contribution in [2.24, 2.45) is 0 Å². The van der Waals surface area contributed by atoms with Crippen molar-refractivity contribution < 1.29 is 9.53 Å². The fourth-order valence-electron chi connectivity index (χ4n) is 2.73. The van der Waals surface area contributed by atoms with Crippen molar-refractivity contribution in [2.45, 2.75) is 32.8 Å². The number of benzene rings is 1. The van der Waals surface area contributed by atoms with E-state index in [4.69, 9.17) is 4.74 Å². The third kappa shape index (κ3) is 6.84. The first kappa shape index (κ1) is 20.7. The Kier molecular flexibility index (Phi) is 7.53. The number of hydrogen-bond donors (Lipinski definition) is 1. The quantitative estimate of drug-likeness (QED) is 0.410. The highest BCUT2D eigenvalue weighted by Crippen LogP contribution is 2.21. The zero-order valence-electron chi connectivity index (χ0n) is 16.7. The Morgan fingerprint density at radius 3 is 2.86 bits per heavy atom. The Balaban J connectivity index is 1.41. The van der Waals surface area contributed by atoms with Crippen LogP contribution in [0.5, 0.6) is 5.75 Å². The molecule has 0 aliphatic heterocycles. The summed E-state index contributed by atoms with van der Waals surface area (Å²) in [5, 5.41) is 6.05. The molecule has 0 aliphatic rings. The molecule has 29 heavy (non-hydrogen) atoms. The Morgan fingerprint density at radius 2 is 2.07 bits per heavy atom. The number of thiazole rings is 1. The summed E-state index contributed by atoms with van der Waals surface area (Å²) in [6.07, 6.45) is 8.70. The number of nitrogens with one attached hydrogen (secondary N) is 1. The lowest BCUT2D eigenvalue weighted by Gasteiger charge is -2.09. The van der Waals surface area contributed by atoms with Gasteiger partial charge in [0.2, 0.25) is 5.91 Å². The van der Waals surface area contributed by atoms with E-state index in [2.05, 4.69) is 20.7 Å². The van der Waals surface area contributed by atoms with Crippen LogP contribution in [0.1, 0.15) is 30.8 Å². The summed E-state index contributed by atoms with van der Waals surface area (Å²) < 4.78 is 5.67. The number of rotatable bonds is 9. The highest BCUT2D eigenvalue weighted by Gasteiger charge is 2.05. The molecular weight excluding hydrogens is 382 g/mol. The van der Waals surface area contributed by atoms with Gasteiger partial charge in [-0.3, -0.25) is 9.78 Å². The van der Waals surface area contributed by atoms with Crippen molar-refractivity contribution in [3.05, 3.63) is 70.8 Å². The number of nitrogens with zero attached hydrogens (tertiary/aromatic N) is 2. The predicted molar refractivity (Wildman–Crippen MR) is 118 cm³/mol. The Labute approximate surface area is 175 Å². The minimum Gasteiger partial charge on any atom is -0.491 e. The molecule has 0 radical (unpaired) electrons. The number of amides is 1. The molecule has 0 aliphatic carbocycles. The maximum Gasteiger partial charge on any atom is 0.243 e. The average molecular weight is 408 g/mol. The second kappa shape index (κ2) is 10.5. The van der Waals surface area contributed by atoms with Crippen molar-refractivity contribution in [1.82, 2.24) is 15.3 Å². The van der Waals surface area contributed by atoms with E-state index in [9.17, 15) is 4.79 Å². The predicted octanol–water partition coefficient (Wildman–Crippen LogP) is 4.75. The number of hydrogen-bond acceptors (Lipinski definition) is 5. The zero-order chi connectivity index (χ0) is 20.5. The van der Waals surface area contributed by atoms with Gasteiger partial charge in [0.15, 0.2) is 0 Å². The lowest BCUT2D eigenvalue weighted by molar-refractivity contribution is -0.116. The monoisotopic (exact) mass is 407 g/mol. The summed E-state index contributed by atoms with van der Waals surface area (Å²) in [6, 6.07) is 11.6. The number of pyridine rings is 1. The smallest absolute Gasteiger partial charge is 0.243 e. The number of aryl methyl sites for hydroxylation is 1. The highest BCUT2D eigenvalue weighted by atomic mass is 32.1. The largest absolute Gasteiger partial charge is 0.491 e. The standard InChI is InChI=1S/C23H25N3O2S/c1-17(2)28-20-6-3-5-18(15-20)8-9-22(27)25-12-4-7-23-26-21(16-29-23)19-10-13-24-14-11-19/h3,5-6,8-11,13-17H,4,7,12H2,1-2H3,(H,25,27)/b9-8+. The summed E-state index contributed by atoms with van der Waals surface area (Å²) in [7, 11) is 0. The molecule has 3 aromatic rings. The maximum absolute atomic E-state index is 12.0. The van der Waals surface area contributed by atoms with Crippen molar-refractivity contribution in [1.29, 1.82) is 0 Å². The van der Waals surface area contributed by atoms with E-state index in [0.717, 1.165) is 40.4 Å². The van der Waals surface area contributed by atoms with Gasteiger partial charge in [-0.1, -0.05) is 12.1 Å². The minimum atomic E-state index is -0.100. The molecule has 0 saturated carbocycles. The van der Waals surface area contributed by atoms with Crippen LogP contribution in [-0.2, 0) is 11.2 Å². The number of ether oxygens (including phenoxy) is 1. The second-order valence-electron chi connectivity index (χ2n) is 6.83. The molecule has 0 unspecified atom stereocenters. The molecule has 2 heterocycles. The van der Waals surface area contributed by atoms with Crippen LogP contribution in [0.3, 0.4) is 0 Å². The van der Waals surface area contributed by atoms with Gasteiger partial charge in [-0.25, -0.2) is 4.98 Å². The van der Waals surface area contributed by atoms with Crippen LogP contribution in [0.15, 0.2) is 60.2 Å². The van der Waals surface area contributed by atoms with E-state index in [1.165, 1.54) is 0 Å². The molecule has 0 spiro atoms. The van der Waals surface area contributed by atoms with Crippen molar-refractivity contribution in [3.63, 3.8) is 0 Å². The normalized spacial score (nSPS) is 11.1. The van der Waals surface area contributed by atoms with E-state index in [-0.39, 0.29) is 12.0 Å². The van der Waals surface area contributed by atoms with Gasteiger partial charge in [-0.2, -0.15) is 0 Å². The molecule has 1 N–H and O–H groups in total. The number of carbonyl (C=O) groups excluding carboxylic acids is 1. The summed E-state index contributed by atoms with van der Waals surface area (Å²) in [5.74, 6) is 0.703. The van der Waals surface area contributed by atoms with Gasteiger partial charge in [-0.15, -0.1) is 11.3 Å². The van der Waals surface area contributed by atoms with Crippen LogP contribution < -0.4 is 10.1 Å². The fraction of sp³-hybridized carbons (Fsp3) is 0.261. The molecule has 2 aromatic heterocycles. The Hall–Kier alpha value is -2.99. The van der Waals surface area contributed by atoms with Crippen molar-refractivity contribution in [3.8, 4) is 17.0 Å². The van der Waals surface area contributed by atoms with E-state index in [0.29, 0.717) is 6.54 Å². The maximum atomic E-state index is 12.0. The second-order valence-corrected chi connectivity index (χ2v) is 7.77. The van der Waals surface area contributed by atoms with Crippen molar-refractivity contribution in [2.75, 3.05) is 6.54 Å². The molecule has 3 rings (SSSR count). The summed E-state index contributed by atoms with van der Waals surface area (Å²) in [4.78, 5) is 20.7. The molecular formula is C23H25N3O2S. The summed E-state index contributed by atoms with van der Waals surface area (Å²) in [6.45, 7) is 4.59. The fourth-order valence-corrected chi connectivity index (χ4v) is 3.58. The first-order chi connectivity index (χ1) is 14.1. The lowest BCUT2D eigenvalue weighted by Crippen LogP contribution is -2.22. The zero-order valence-corrected chi connectivity index (χ0v) is 17.5. The average Bonchev–Trinajstić information content (AvgIpc) is 3.19. The highest BCUT2D eigenvalue weighted by molar-refractivity contribution is 7.09. The van der Waals surface area contributed by atoms with Gasteiger partial charge in [0, 0.05) is 42.4 Å². The molecule has 150 valence electrons. The van der Waals surface area contributed by atoms with Crippen LogP contribution in [-0.4, -0.2) is 28.5 Å². The SMILES string of the molecule is CC(C)Oc1cccc(/C=C/C(=O)NCCCc2nc(-c3ccncc3)cs2)c1. The molecule has 0 fully saturated rings. The molecule has 6 heteroatoms. The van der Waals surface area contributed by atoms with Crippen LogP contribution >= 0.6 is 11.3 Å². The third-order valence-electron chi connectivity index (χ3n) is 4.05. The van der Waals surface area contributed by atoms with E-state index < -0.39 is 0 Å². The van der Waals surface area contributed by atoms with E-state index in [1.807, 2.05) is 50.2 Å². The Morgan fingerprint density at radius 1 is 1.24 bits per heavy atom. The third-order valence-corrected chi connectivity index (χ3v) is 4.96. The molecule has 0 bridgehead atoms. The number of aromatic nitrogens is 2. The van der Waals surface area contributed by atoms with Crippen LogP contribution in [0.2, 0.25) is 0 Å². The van der Waals surface area contributed by atoms with E-state index in [1.54, 1.807) is 35.9 Å². The van der Waals surface area contributed by atoms with Crippen molar-refractivity contribution >= 4 is 23.3 Å². The molecule has 1 aromatic carbocycles. The lowest BCUT2D eigenvalue weighted by atomic mass is 10.2. The van der Waals surface area contributed by atoms with Crippen LogP contribution in [0, 0.1) is 0 Å². The first-order valence-electron chi connectivity index (χ1n) is 9.67. The minimum absolute atomic E-state index is 0.100. The van der Waals surface area contributed by atoms with Gasteiger partial charge in [0.1, 0.15) is 5.75 Å². The van der Waals surface area contributed by atoms with Crippen LogP contribution in [0.4, 0.5) is 0 Å². The Bertz CT molecular complexity index is 952. The summed E-state index contributed by atoms with van der Waals surface area (Å²) in [5.41, 5.74) is 2.98.